The largest absolute Gasteiger partial charge is 0.355 e. The van der Waals surface area contributed by atoms with Gasteiger partial charge in [0, 0.05) is 19.5 Å². The Morgan fingerprint density at radius 3 is 2.91 bits per heavy atom. The first-order chi connectivity index (χ1) is 5.20. The van der Waals surface area contributed by atoms with Crippen LogP contribution in [0.25, 0.3) is 0 Å². The van der Waals surface area contributed by atoms with E-state index in [0.29, 0.717) is 6.04 Å². The average Bonchev–Trinajstić information content (AvgIpc) is 2.31. The van der Waals surface area contributed by atoms with Gasteiger partial charge in [-0.2, -0.15) is 0 Å². The Morgan fingerprint density at radius 2 is 2.45 bits per heavy atom. The summed E-state index contributed by atoms with van der Waals surface area (Å²) in [7, 11) is 2.11. The van der Waals surface area contributed by atoms with E-state index >= 15 is 0 Å². The molecule has 1 heterocycles. The summed E-state index contributed by atoms with van der Waals surface area (Å²) in [6.45, 7) is 3.55. The minimum Gasteiger partial charge on any atom is -0.355 e. The van der Waals surface area contributed by atoms with Gasteiger partial charge in [0.05, 0.1) is 0 Å². The Kier molecular flexibility index (Phi) is 2.88. The number of hydrogen-bond acceptors (Lipinski definition) is 2. The number of nitrogens with one attached hydrogen (secondary N) is 1. The molecule has 0 spiro atoms. The third-order valence-corrected chi connectivity index (χ3v) is 2.26. The van der Waals surface area contributed by atoms with E-state index in [1.165, 1.54) is 19.4 Å². The van der Waals surface area contributed by atoms with Gasteiger partial charge in [0.1, 0.15) is 0 Å². The summed E-state index contributed by atoms with van der Waals surface area (Å²) in [6.07, 6.45) is 2.48. The van der Waals surface area contributed by atoms with Crippen molar-refractivity contribution >= 4 is 5.91 Å². The Morgan fingerprint density at radius 1 is 1.73 bits per heavy atom. The molecule has 1 rings (SSSR count). The summed E-state index contributed by atoms with van der Waals surface area (Å²) < 4.78 is 0. The van der Waals surface area contributed by atoms with E-state index in [-0.39, 0.29) is 5.91 Å². The number of rotatable bonds is 2. The quantitative estimate of drug-likeness (QED) is 0.620. The monoisotopic (exact) mass is 156 g/mol. The zero-order chi connectivity index (χ0) is 8.27. The molecule has 3 heteroatoms. The summed E-state index contributed by atoms with van der Waals surface area (Å²) in [5, 5.41) is 2.84. The van der Waals surface area contributed by atoms with Gasteiger partial charge in [0.15, 0.2) is 0 Å². The molecule has 0 radical (unpaired) electrons. The molecule has 0 aromatic carbocycles. The molecule has 0 aromatic rings. The zero-order valence-corrected chi connectivity index (χ0v) is 7.26. The minimum absolute atomic E-state index is 0.0744. The van der Waals surface area contributed by atoms with Crippen LogP contribution in [0.15, 0.2) is 0 Å². The fourth-order valence-corrected chi connectivity index (χ4v) is 1.50. The Hall–Kier alpha value is -0.570. The van der Waals surface area contributed by atoms with Gasteiger partial charge < -0.3 is 10.2 Å². The molecule has 64 valence electrons. The topological polar surface area (TPSA) is 32.3 Å². The van der Waals surface area contributed by atoms with E-state index in [1.807, 2.05) is 0 Å². The van der Waals surface area contributed by atoms with Crippen molar-refractivity contribution in [3.63, 3.8) is 0 Å². The van der Waals surface area contributed by atoms with E-state index in [9.17, 15) is 4.79 Å². The summed E-state index contributed by atoms with van der Waals surface area (Å²) in [5.74, 6) is 0.0744. The molecule has 11 heavy (non-hydrogen) atoms. The van der Waals surface area contributed by atoms with Crippen molar-refractivity contribution in [3.8, 4) is 0 Å². The number of nitrogens with zero attached hydrogens (tertiary/aromatic N) is 1. The first kappa shape index (κ1) is 8.53. The zero-order valence-electron chi connectivity index (χ0n) is 7.26. The second-order valence-electron chi connectivity index (χ2n) is 3.21. The van der Waals surface area contributed by atoms with Crippen LogP contribution in [-0.2, 0) is 4.79 Å². The molecule has 3 nitrogen and oxygen atoms in total. The van der Waals surface area contributed by atoms with Crippen molar-refractivity contribution in [1.82, 2.24) is 10.2 Å². The van der Waals surface area contributed by atoms with E-state index < -0.39 is 0 Å². The van der Waals surface area contributed by atoms with E-state index in [2.05, 4.69) is 17.3 Å². The van der Waals surface area contributed by atoms with Gasteiger partial charge in [-0.15, -0.1) is 0 Å². The fraction of sp³-hybridized carbons (Fsp3) is 0.875. The summed E-state index contributed by atoms with van der Waals surface area (Å²) in [4.78, 5) is 12.9. The molecule has 0 saturated carbocycles. The molecule has 0 bridgehead atoms. The maximum absolute atomic E-state index is 10.6. The Bertz CT molecular complexity index is 147. The maximum atomic E-state index is 10.6. The van der Waals surface area contributed by atoms with Crippen molar-refractivity contribution in [2.24, 2.45) is 0 Å². The van der Waals surface area contributed by atoms with Gasteiger partial charge in [-0.3, -0.25) is 4.79 Å². The van der Waals surface area contributed by atoms with Gasteiger partial charge >= 0.3 is 0 Å². The predicted octanol–water partition coefficient (Wildman–Crippen LogP) is 0.217. The Labute approximate surface area is 67.8 Å². The SMILES string of the molecule is CC(=O)NCC1CCCN1C. The average molecular weight is 156 g/mol. The van der Waals surface area contributed by atoms with Gasteiger partial charge in [-0.1, -0.05) is 0 Å². The van der Waals surface area contributed by atoms with Crippen LogP contribution in [0.4, 0.5) is 0 Å². The van der Waals surface area contributed by atoms with Crippen molar-refractivity contribution in [2.45, 2.75) is 25.8 Å². The second-order valence-corrected chi connectivity index (χ2v) is 3.21. The highest BCUT2D eigenvalue weighted by Crippen LogP contribution is 2.13. The molecule has 1 atom stereocenters. The van der Waals surface area contributed by atoms with Crippen molar-refractivity contribution in [3.05, 3.63) is 0 Å². The molecule has 1 amide bonds. The van der Waals surface area contributed by atoms with E-state index in [4.69, 9.17) is 0 Å². The third-order valence-electron chi connectivity index (χ3n) is 2.26. The maximum Gasteiger partial charge on any atom is 0.216 e. The van der Waals surface area contributed by atoms with Gasteiger partial charge in [-0.05, 0) is 26.4 Å². The molecule has 1 fully saturated rings. The predicted molar refractivity (Wildman–Crippen MR) is 44.3 cm³/mol. The number of likely N-dealkylation sites (tertiary alicyclic amines) is 1. The highest BCUT2D eigenvalue weighted by molar-refractivity contribution is 5.72. The highest BCUT2D eigenvalue weighted by Gasteiger charge is 2.20. The lowest BCUT2D eigenvalue weighted by atomic mass is 10.2. The molecule has 1 unspecified atom stereocenters. The second kappa shape index (κ2) is 3.72. The van der Waals surface area contributed by atoms with Crippen molar-refractivity contribution < 1.29 is 4.79 Å². The number of hydrogen-bond donors (Lipinski definition) is 1. The summed E-state index contributed by atoms with van der Waals surface area (Å²) in [6, 6.07) is 0.568. The molecule has 1 aliphatic rings. The lowest BCUT2D eigenvalue weighted by Gasteiger charge is -2.18. The van der Waals surface area contributed by atoms with Gasteiger partial charge in [0.25, 0.3) is 0 Å². The van der Waals surface area contributed by atoms with Gasteiger partial charge in [-0.25, -0.2) is 0 Å². The number of carbonyl (C=O) groups is 1. The number of likely N-dealkylation sites (N-methyl/N-ethyl adjacent to an activating group) is 1. The van der Waals surface area contributed by atoms with Crippen molar-refractivity contribution in [2.75, 3.05) is 20.1 Å². The first-order valence-electron chi connectivity index (χ1n) is 4.15. The molecule has 0 aliphatic carbocycles. The first-order valence-corrected chi connectivity index (χ1v) is 4.15. The lowest BCUT2D eigenvalue weighted by Crippen LogP contribution is -2.37. The van der Waals surface area contributed by atoms with Gasteiger partial charge in [0.2, 0.25) is 5.91 Å². The van der Waals surface area contributed by atoms with Crippen LogP contribution in [0, 0.1) is 0 Å². The fourth-order valence-electron chi connectivity index (χ4n) is 1.50. The smallest absolute Gasteiger partial charge is 0.216 e. The number of amides is 1. The lowest BCUT2D eigenvalue weighted by molar-refractivity contribution is -0.119. The Balaban J connectivity index is 2.20. The molecule has 1 N–H and O–H groups in total. The molecule has 1 saturated heterocycles. The van der Waals surface area contributed by atoms with E-state index in [0.717, 1.165) is 6.54 Å². The van der Waals surface area contributed by atoms with Crippen LogP contribution >= 0.6 is 0 Å². The molecular weight excluding hydrogens is 140 g/mol. The van der Waals surface area contributed by atoms with Crippen LogP contribution < -0.4 is 5.32 Å². The van der Waals surface area contributed by atoms with Crippen LogP contribution in [0.3, 0.4) is 0 Å². The minimum atomic E-state index is 0.0744. The normalized spacial score (nSPS) is 25.5. The van der Waals surface area contributed by atoms with E-state index in [1.54, 1.807) is 6.92 Å². The number of carbonyl (C=O) groups excluding carboxylic acids is 1. The molecular formula is C8H16N2O. The van der Waals surface area contributed by atoms with Crippen LogP contribution in [0.2, 0.25) is 0 Å². The van der Waals surface area contributed by atoms with Crippen LogP contribution in [0.1, 0.15) is 19.8 Å². The summed E-state index contributed by atoms with van der Waals surface area (Å²) >= 11 is 0. The third kappa shape index (κ3) is 2.50. The standard InChI is InChI=1S/C8H16N2O/c1-7(11)9-6-8-4-3-5-10(8)2/h8H,3-6H2,1-2H3,(H,9,11). The highest BCUT2D eigenvalue weighted by atomic mass is 16.1. The van der Waals surface area contributed by atoms with Crippen LogP contribution in [0.5, 0.6) is 0 Å². The summed E-state index contributed by atoms with van der Waals surface area (Å²) in [5.41, 5.74) is 0. The molecule has 0 aromatic heterocycles. The molecule has 1 aliphatic heterocycles. The van der Waals surface area contributed by atoms with Crippen LogP contribution in [-0.4, -0.2) is 37.0 Å². The van der Waals surface area contributed by atoms with Crippen molar-refractivity contribution in [1.29, 1.82) is 0 Å².